The molecular weight excluding hydrogens is 242 g/mol. The lowest BCUT2D eigenvalue weighted by molar-refractivity contribution is -0.138. The zero-order chi connectivity index (χ0) is 14.0. The van der Waals surface area contributed by atoms with E-state index in [1.165, 1.54) is 4.90 Å². The summed E-state index contributed by atoms with van der Waals surface area (Å²) < 4.78 is 0. The fourth-order valence-electron chi connectivity index (χ4n) is 2.70. The Balaban J connectivity index is 2.28. The number of carbonyl (C=O) groups excluding carboxylic acids is 2. The summed E-state index contributed by atoms with van der Waals surface area (Å²) in [6.45, 7) is 2.14. The second kappa shape index (κ2) is 5.40. The van der Waals surface area contributed by atoms with Gasteiger partial charge in [0.2, 0.25) is 11.8 Å². The standard InChI is InChI=1S/C14H19N3O2/c1-9(15)14(19)17-8-7-11(12(17)13(16)18)10-5-3-2-4-6-10/h2-6,9,11-12H,7-8,15H2,1H3,(H2,16,18)/t9-,11-,12-/m0/s1. The molecule has 102 valence electrons. The van der Waals surface area contributed by atoms with E-state index in [0.717, 1.165) is 12.0 Å². The Kier molecular flexibility index (Phi) is 3.85. The van der Waals surface area contributed by atoms with Gasteiger partial charge in [-0.1, -0.05) is 30.3 Å². The number of amides is 2. The smallest absolute Gasteiger partial charge is 0.240 e. The zero-order valence-electron chi connectivity index (χ0n) is 11.0. The SMILES string of the molecule is C[C@H](N)C(=O)N1CC[C@@H](c2ccccc2)[C@H]1C(N)=O. The number of rotatable bonds is 3. The fraction of sp³-hybridized carbons (Fsp3) is 0.429. The molecule has 5 nitrogen and oxygen atoms in total. The van der Waals surface area contributed by atoms with Crippen molar-refractivity contribution < 1.29 is 9.59 Å². The molecule has 1 saturated heterocycles. The number of nitrogens with two attached hydrogens (primary N) is 2. The molecule has 0 radical (unpaired) electrons. The highest BCUT2D eigenvalue weighted by atomic mass is 16.2. The van der Waals surface area contributed by atoms with Crippen molar-refractivity contribution in [1.29, 1.82) is 0 Å². The van der Waals surface area contributed by atoms with Gasteiger partial charge < -0.3 is 16.4 Å². The van der Waals surface area contributed by atoms with Crippen LogP contribution < -0.4 is 11.5 Å². The van der Waals surface area contributed by atoms with E-state index in [0.29, 0.717) is 6.54 Å². The Hall–Kier alpha value is -1.88. The summed E-state index contributed by atoms with van der Waals surface area (Å²) in [6.07, 6.45) is 0.732. The summed E-state index contributed by atoms with van der Waals surface area (Å²) in [5.41, 5.74) is 12.1. The van der Waals surface area contributed by atoms with Crippen LogP contribution in [-0.4, -0.2) is 35.3 Å². The Morgan fingerprint density at radius 3 is 2.47 bits per heavy atom. The molecule has 0 aromatic heterocycles. The first-order valence-corrected chi connectivity index (χ1v) is 6.42. The van der Waals surface area contributed by atoms with E-state index >= 15 is 0 Å². The van der Waals surface area contributed by atoms with Crippen molar-refractivity contribution in [1.82, 2.24) is 4.90 Å². The molecule has 0 aliphatic carbocycles. The maximum atomic E-state index is 12.0. The number of hydrogen-bond acceptors (Lipinski definition) is 3. The Labute approximate surface area is 112 Å². The van der Waals surface area contributed by atoms with Gasteiger partial charge in [-0.25, -0.2) is 0 Å². The van der Waals surface area contributed by atoms with E-state index in [2.05, 4.69) is 0 Å². The molecule has 3 atom stereocenters. The largest absolute Gasteiger partial charge is 0.368 e. The van der Waals surface area contributed by atoms with Gasteiger partial charge in [-0.15, -0.1) is 0 Å². The van der Waals surface area contributed by atoms with E-state index < -0.39 is 18.0 Å². The van der Waals surface area contributed by atoms with E-state index in [-0.39, 0.29) is 11.8 Å². The minimum absolute atomic E-state index is 0.0404. The van der Waals surface area contributed by atoms with Gasteiger partial charge in [-0.2, -0.15) is 0 Å². The average Bonchev–Trinajstić information content (AvgIpc) is 2.83. The van der Waals surface area contributed by atoms with Crippen LogP contribution in [0.5, 0.6) is 0 Å². The molecule has 0 spiro atoms. The van der Waals surface area contributed by atoms with Crippen LogP contribution >= 0.6 is 0 Å². The number of hydrogen-bond donors (Lipinski definition) is 2. The van der Waals surface area contributed by atoms with Gasteiger partial charge in [-0.05, 0) is 18.9 Å². The van der Waals surface area contributed by atoms with Crippen LogP contribution in [0.15, 0.2) is 30.3 Å². The maximum absolute atomic E-state index is 12.0. The van der Waals surface area contributed by atoms with Crippen molar-refractivity contribution in [3.8, 4) is 0 Å². The second-order valence-electron chi connectivity index (χ2n) is 4.97. The van der Waals surface area contributed by atoms with Crippen LogP contribution in [0.1, 0.15) is 24.8 Å². The molecule has 5 heteroatoms. The van der Waals surface area contributed by atoms with Crippen LogP contribution in [0.3, 0.4) is 0 Å². The summed E-state index contributed by atoms with van der Waals surface area (Å²) in [6, 6.07) is 8.47. The zero-order valence-corrected chi connectivity index (χ0v) is 11.0. The topological polar surface area (TPSA) is 89.4 Å². The molecule has 0 bridgehead atoms. The lowest BCUT2D eigenvalue weighted by Gasteiger charge is -2.27. The van der Waals surface area contributed by atoms with Crippen molar-refractivity contribution in [2.24, 2.45) is 11.5 Å². The summed E-state index contributed by atoms with van der Waals surface area (Å²) >= 11 is 0. The molecule has 1 aromatic carbocycles. The molecule has 1 fully saturated rings. The summed E-state index contributed by atoms with van der Waals surface area (Å²) in [5, 5.41) is 0. The normalized spacial score (nSPS) is 24.2. The molecule has 1 heterocycles. The van der Waals surface area contributed by atoms with Gasteiger partial charge in [0.1, 0.15) is 6.04 Å². The minimum Gasteiger partial charge on any atom is -0.368 e. The van der Waals surface area contributed by atoms with Crippen molar-refractivity contribution in [2.45, 2.75) is 31.3 Å². The molecule has 1 aliphatic rings. The van der Waals surface area contributed by atoms with Gasteiger partial charge in [0.05, 0.1) is 6.04 Å². The van der Waals surface area contributed by atoms with Gasteiger partial charge in [0.25, 0.3) is 0 Å². The van der Waals surface area contributed by atoms with Crippen LogP contribution in [0, 0.1) is 0 Å². The predicted octanol–water partition coefficient (Wildman–Crippen LogP) is 0.204. The first kappa shape index (κ1) is 13.5. The molecule has 1 aliphatic heterocycles. The van der Waals surface area contributed by atoms with Crippen LogP contribution in [-0.2, 0) is 9.59 Å². The Bertz CT molecular complexity index is 473. The number of nitrogens with zero attached hydrogens (tertiary/aromatic N) is 1. The lowest BCUT2D eigenvalue weighted by atomic mass is 9.91. The quantitative estimate of drug-likeness (QED) is 0.814. The summed E-state index contributed by atoms with van der Waals surface area (Å²) in [5.74, 6) is -0.732. The van der Waals surface area contributed by atoms with Crippen molar-refractivity contribution in [3.05, 3.63) is 35.9 Å². The first-order valence-electron chi connectivity index (χ1n) is 6.42. The second-order valence-corrected chi connectivity index (χ2v) is 4.97. The first-order chi connectivity index (χ1) is 9.02. The van der Waals surface area contributed by atoms with E-state index in [4.69, 9.17) is 11.5 Å². The van der Waals surface area contributed by atoms with E-state index in [9.17, 15) is 9.59 Å². The summed E-state index contributed by atoms with van der Waals surface area (Å²) in [4.78, 5) is 25.3. The number of primary amides is 1. The average molecular weight is 261 g/mol. The molecule has 0 saturated carbocycles. The third kappa shape index (κ3) is 2.61. The third-order valence-electron chi connectivity index (χ3n) is 3.59. The number of benzene rings is 1. The third-order valence-corrected chi connectivity index (χ3v) is 3.59. The lowest BCUT2D eigenvalue weighted by Crippen LogP contribution is -2.50. The van der Waals surface area contributed by atoms with Crippen LogP contribution in [0.2, 0.25) is 0 Å². The Morgan fingerprint density at radius 1 is 1.32 bits per heavy atom. The molecule has 2 rings (SSSR count). The fourth-order valence-corrected chi connectivity index (χ4v) is 2.70. The minimum atomic E-state index is -0.614. The van der Waals surface area contributed by atoms with E-state index in [1.54, 1.807) is 6.92 Å². The van der Waals surface area contributed by atoms with Gasteiger partial charge in [-0.3, -0.25) is 9.59 Å². The molecule has 1 aromatic rings. The van der Waals surface area contributed by atoms with E-state index in [1.807, 2.05) is 30.3 Å². The Morgan fingerprint density at radius 2 is 1.95 bits per heavy atom. The molecule has 4 N–H and O–H groups in total. The highest BCUT2D eigenvalue weighted by molar-refractivity contribution is 5.90. The monoisotopic (exact) mass is 261 g/mol. The predicted molar refractivity (Wildman–Crippen MR) is 72.1 cm³/mol. The summed E-state index contributed by atoms with van der Waals surface area (Å²) in [7, 11) is 0. The van der Waals surface area contributed by atoms with Gasteiger partial charge >= 0.3 is 0 Å². The number of likely N-dealkylation sites (tertiary alicyclic amines) is 1. The molecule has 2 amide bonds. The molecular formula is C14H19N3O2. The van der Waals surface area contributed by atoms with Crippen molar-refractivity contribution in [2.75, 3.05) is 6.54 Å². The highest BCUT2D eigenvalue weighted by Gasteiger charge is 2.41. The van der Waals surface area contributed by atoms with Crippen molar-refractivity contribution in [3.63, 3.8) is 0 Å². The van der Waals surface area contributed by atoms with Crippen LogP contribution in [0.4, 0.5) is 0 Å². The maximum Gasteiger partial charge on any atom is 0.240 e. The highest BCUT2D eigenvalue weighted by Crippen LogP contribution is 2.33. The van der Waals surface area contributed by atoms with Gasteiger partial charge in [0.15, 0.2) is 0 Å². The van der Waals surface area contributed by atoms with Crippen molar-refractivity contribution >= 4 is 11.8 Å². The molecule has 19 heavy (non-hydrogen) atoms. The number of carbonyl (C=O) groups is 2. The van der Waals surface area contributed by atoms with Crippen LogP contribution in [0.25, 0.3) is 0 Å². The molecule has 0 unspecified atom stereocenters. The van der Waals surface area contributed by atoms with Gasteiger partial charge in [0, 0.05) is 12.5 Å².